The van der Waals surface area contributed by atoms with E-state index in [9.17, 15) is 8.42 Å². The molecule has 0 saturated heterocycles. The molecule has 0 spiro atoms. The van der Waals surface area contributed by atoms with Crippen LogP contribution in [0.2, 0.25) is 0 Å². The Bertz CT molecular complexity index is 678. The van der Waals surface area contributed by atoms with Crippen molar-refractivity contribution in [1.29, 1.82) is 0 Å². The molecule has 0 unspecified atom stereocenters. The number of thiophene rings is 1. The highest BCUT2D eigenvalue weighted by Gasteiger charge is 2.31. The van der Waals surface area contributed by atoms with Crippen molar-refractivity contribution in [3.8, 4) is 0 Å². The molecule has 94 valence electrons. The molecule has 0 aliphatic carbocycles. The molecule has 0 amide bonds. The Morgan fingerprint density at radius 2 is 1.94 bits per heavy atom. The molecule has 1 aromatic heterocycles. The summed E-state index contributed by atoms with van der Waals surface area (Å²) in [5.41, 5.74) is 8.41. The summed E-state index contributed by atoms with van der Waals surface area (Å²) in [6.07, 6.45) is 0. The number of nitrogens with two attached hydrogens (primary N) is 1. The van der Waals surface area contributed by atoms with Crippen molar-refractivity contribution in [1.82, 2.24) is 4.31 Å². The van der Waals surface area contributed by atoms with Crippen LogP contribution >= 0.6 is 11.3 Å². The summed E-state index contributed by atoms with van der Waals surface area (Å²) in [6.45, 7) is 0.830. The number of fused-ring (bicyclic) bond motifs is 1. The number of nitrogen functional groups attached to an aromatic ring is 1. The van der Waals surface area contributed by atoms with E-state index < -0.39 is 10.0 Å². The standard InChI is InChI=1S/C12H12N2O2S2/c13-11-4-3-9-7-14(8-10(9)6-11)18(15,16)12-2-1-5-17-12/h1-6H,7-8,13H2. The Hall–Kier alpha value is -1.37. The lowest BCUT2D eigenvalue weighted by atomic mass is 10.1. The van der Waals surface area contributed by atoms with Gasteiger partial charge >= 0.3 is 0 Å². The zero-order chi connectivity index (χ0) is 12.8. The second kappa shape index (κ2) is 4.08. The Morgan fingerprint density at radius 3 is 2.67 bits per heavy atom. The minimum atomic E-state index is -3.36. The van der Waals surface area contributed by atoms with Gasteiger partial charge in [0.25, 0.3) is 10.0 Å². The van der Waals surface area contributed by atoms with Crippen LogP contribution in [0.25, 0.3) is 0 Å². The average Bonchev–Trinajstić information content (AvgIpc) is 2.97. The largest absolute Gasteiger partial charge is 0.399 e. The van der Waals surface area contributed by atoms with Crippen LogP contribution in [-0.2, 0) is 23.1 Å². The lowest BCUT2D eigenvalue weighted by molar-refractivity contribution is 0.433. The average molecular weight is 280 g/mol. The SMILES string of the molecule is Nc1ccc2c(c1)CN(S(=O)(=O)c1cccs1)C2. The maximum atomic E-state index is 12.4. The fraction of sp³-hybridized carbons (Fsp3) is 0.167. The fourth-order valence-corrected chi connectivity index (χ4v) is 4.63. The van der Waals surface area contributed by atoms with Crippen molar-refractivity contribution in [2.45, 2.75) is 17.3 Å². The molecule has 2 heterocycles. The van der Waals surface area contributed by atoms with Crippen molar-refractivity contribution in [3.63, 3.8) is 0 Å². The fourth-order valence-electron chi connectivity index (χ4n) is 2.09. The highest BCUT2D eigenvalue weighted by molar-refractivity contribution is 7.91. The van der Waals surface area contributed by atoms with Crippen LogP contribution < -0.4 is 5.73 Å². The maximum absolute atomic E-state index is 12.4. The number of hydrogen-bond donors (Lipinski definition) is 1. The summed E-state index contributed by atoms with van der Waals surface area (Å²) in [6, 6.07) is 8.93. The smallest absolute Gasteiger partial charge is 0.253 e. The van der Waals surface area contributed by atoms with Crippen LogP contribution in [-0.4, -0.2) is 12.7 Å². The second-order valence-electron chi connectivity index (χ2n) is 4.23. The third kappa shape index (κ3) is 1.82. The van der Waals surface area contributed by atoms with Gasteiger partial charge in [-0.2, -0.15) is 4.31 Å². The molecule has 2 aromatic rings. The lowest BCUT2D eigenvalue weighted by Gasteiger charge is -2.13. The molecule has 0 radical (unpaired) electrons. The molecule has 0 saturated carbocycles. The third-order valence-corrected chi connectivity index (χ3v) is 6.18. The van der Waals surface area contributed by atoms with Crippen LogP contribution in [0.5, 0.6) is 0 Å². The van der Waals surface area contributed by atoms with E-state index in [1.807, 2.05) is 12.1 Å². The third-order valence-electron chi connectivity index (χ3n) is 3.01. The van der Waals surface area contributed by atoms with E-state index in [0.29, 0.717) is 23.0 Å². The number of anilines is 1. The van der Waals surface area contributed by atoms with Crippen LogP contribution in [0.15, 0.2) is 39.9 Å². The topological polar surface area (TPSA) is 63.4 Å². The molecule has 0 atom stereocenters. The van der Waals surface area contributed by atoms with Crippen molar-refractivity contribution >= 4 is 27.0 Å². The zero-order valence-corrected chi connectivity index (χ0v) is 11.2. The van der Waals surface area contributed by atoms with Gasteiger partial charge in [0.2, 0.25) is 0 Å². The number of hydrogen-bond acceptors (Lipinski definition) is 4. The number of rotatable bonds is 2. The van der Waals surface area contributed by atoms with E-state index in [1.165, 1.54) is 15.6 Å². The van der Waals surface area contributed by atoms with Crippen molar-refractivity contribution < 1.29 is 8.42 Å². The molecule has 0 bridgehead atoms. The summed E-state index contributed by atoms with van der Waals surface area (Å²) in [5.74, 6) is 0. The van der Waals surface area contributed by atoms with Crippen LogP contribution in [0.4, 0.5) is 5.69 Å². The highest BCUT2D eigenvalue weighted by Crippen LogP contribution is 2.31. The predicted molar refractivity (Wildman–Crippen MR) is 71.6 cm³/mol. The number of nitrogens with zero attached hydrogens (tertiary/aromatic N) is 1. The highest BCUT2D eigenvalue weighted by atomic mass is 32.2. The Labute approximate surface area is 110 Å². The molecule has 0 fully saturated rings. The van der Waals surface area contributed by atoms with Crippen LogP contribution in [0, 0.1) is 0 Å². The first-order valence-corrected chi connectivity index (χ1v) is 7.80. The quantitative estimate of drug-likeness (QED) is 0.856. The first-order chi connectivity index (χ1) is 8.57. The van der Waals surface area contributed by atoms with E-state index in [0.717, 1.165) is 11.1 Å². The molecular formula is C12H12N2O2S2. The second-order valence-corrected chi connectivity index (χ2v) is 7.35. The molecular weight excluding hydrogens is 268 g/mol. The summed E-state index contributed by atoms with van der Waals surface area (Å²) in [4.78, 5) is 0. The number of benzene rings is 1. The van der Waals surface area contributed by atoms with Gasteiger partial charge in [0.05, 0.1) is 0 Å². The summed E-state index contributed by atoms with van der Waals surface area (Å²) in [7, 11) is -3.36. The molecule has 3 rings (SSSR count). The summed E-state index contributed by atoms with van der Waals surface area (Å²) >= 11 is 1.24. The van der Waals surface area contributed by atoms with E-state index in [-0.39, 0.29) is 0 Å². The van der Waals surface area contributed by atoms with Gasteiger partial charge in [-0.05, 0) is 34.7 Å². The number of sulfonamides is 1. The molecule has 4 nitrogen and oxygen atoms in total. The van der Waals surface area contributed by atoms with E-state index in [4.69, 9.17) is 5.73 Å². The van der Waals surface area contributed by atoms with Crippen LogP contribution in [0.1, 0.15) is 11.1 Å². The van der Waals surface area contributed by atoms with Gasteiger partial charge in [-0.15, -0.1) is 11.3 Å². The van der Waals surface area contributed by atoms with Crippen molar-refractivity contribution in [2.24, 2.45) is 0 Å². The van der Waals surface area contributed by atoms with Gasteiger partial charge in [0.15, 0.2) is 0 Å². The molecule has 6 heteroatoms. The lowest BCUT2D eigenvalue weighted by Crippen LogP contribution is -2.24. The Kier molecular flexibility index (Phi) is 2.65. The van der Waals surface area contributed by atoms with Crippen molar-refractivity contribution in [2.75, 3.05) is 5.73 Å². The van der Waals surface area contributed by atoms with E-state index >= 15 is 0 Å². The zero-order valence-electron chi connectivity index (χ0n) is 9.54. The molecule has 1 aliphatic heterocycles. The monoisotopic (exact) mass is 280 g/mol. The van der Waals surface area contributed by atoms with Crippen molar-refractivity contribution in [3.05, 3.63) is 46.8 Å². The van der Waals surface area contributed by atoms with Gasteiger partial charge in [-0.3, -0.25) is 0 Å². The maximum Gasteiger partial charge on any atom is 0.253 e. The van der Waals surface area contributed by atoms with Gasteiger partial charge in [-0.25, -0.2) is 8.42 Å². The van der Waals surface area contributed by atoms with E-state index in [1.54, 1.807) is 23.6 Å². The molecule has 1 aliphatic rings. The Balaban J connectivity index is 1.95. The van der Waals surface area contributed by atoms with E-state index in [2.05, 4.69) is 0 Å². The van der Waals surface area contributed by atoms with Gasteiger partial charge in [-0.1, -0.05) is 12.1 Å². The first kappa shape index (κ1) is 11.7. The minimum Gasteiger partial charge on any atom is -0.399 e. The first-order valence-electron chi connectivity index (χ1n) is 5.48. The molecule has 1 aromatic carbocycles. The predicted octanol–water partition coefficient (Wildman–Crippen LogP) is 2.03. The normalized spacial score (nSPS) is 15.8. The van der Waals surface area contributed by atoms with Gasteiger partial charge in [0, 0.05) is 18.8 Å². The minimum absolute atomic E-state index is 0.392. The van der Waals surface area contributed by atoms with Gasteiger partial charge in [0.1, 0.15) is 4.21 Å². The Morgan fingerprint density at radius 1 is 1.17 bits per heavy atom. The summed E-state index contributed by atoms with van der Waals surface area (Å²) in [5, 5.41) is 1.77. The molecule has 18 heavy (non-hydrogen) atoms. The summed E-state index contributed by atoms with van der Waals surface area (Å²) < 4.78 is 26.6. The van der Waals surface area contributed by atoms with Gasteiger partial charge < -0.3 is 5.73 Å². The van der Waals surface area contributed by atoms with Crippen LogP contribution in [0.3, 0.4) is 0 Å². The molecule has 2 N–H and O–H groups in total.